The molecule has 17 heavy (non-hydrogen) atoms. The highest BCUT2D eigenvalue weighted by Crippen LogP contribution is 2.00. The van der Waals surface area contributed by atoms with Crippen molar-refractivity contribution in [2.24, 2.45) is 5.73 Å². The summed E-state index contributed by atoms with van der Waals surface area (Å²) in [5.74, 6) is 0.0638. The minimum Gasteiger partial charge on any atom is -0.350 e. The fourth-order valence-electron chi connectivity index (χ4n) is 1.56. The summed E-state index contributed by atoms with van der Waals surface area (Å²) in [7, 11) is 0. The van der Waals surface area contributed by atoms with E-state index in [-0.39, 0.29) is 11.9 Å². The summed E-state index contributed by atoms with van der Waals surface area (Å²) >= 11 is 0. The van der Waals surface area contributed by atoms with E-state index < -0.39 is 0 Å². The Bertz CT molecular complexity index is 363. The number of amides is 1. The Labute approximate surface area is 103 Å². The van der Waals surface area contributed by atoms with E-state index in [2.05, 4.69) is 10.3 Å². The molecule has 1 amide bonds. The first kappa shape index (κ1) is 13.6. The van der Waals surface area contributed by atoms with Crippen LogP contribution in [0.1, 0.15) is 37.6 Å². The van der Waals surface area contributed by atoms with Crippen molar-refractivity contribution in [1.82, 2.24) is 10.3 Å². The molecule has 1 aromatic rings. The van der Waals surface area contributed by atoms with E-state index in [1.54, 1.807) is 0 Å². The minimum atomic E-state index is 0.0638. The molecule has 1 aromatic heterocycles. The van der Waals surface area contributed by atoms with Crippen molar-refractivity contribution < 1.29 is 4.79 Å². The highest BCUT2D eigenvalue weighted by Gasteiger charge is 2.03. The molecule has 3 N–H and O–H groups in total. The summed E-state index contributed by atoms with van der Waals surface area (Å²) in [6.07, 6.45) is 2.26. The average Bonchev–Trinajstić information content (AvgIpc) is 2.26. The van der Waals surface area contributed by atoms with Crippen molar-refractivity contribution >= 4 is 5.91 Å². The predicted molar refractivity (Wildman–Crippen MR) is 68.3 cm³/mol. The lowest BCUT2D eigenvalue weighted by molar-refractivity contribution is -0.121. The van der Waals surface area contributed by atoms with Gasteiger partial charge in [0.15, 0.2) is 0 Å². The van der Waals surface area contributed by atoms with Crippen LogP contribution < -0.4 is 11.1 Å². The molecule has 0 saturated heterocycles. The molecule has 0 aromatic carbocycles. The molecule has 1 rings (SSSR count). The maximum Gasteiger partial charge on any atom is 0.220 e. The van der Waals surface area contributed by atoms with Gasteiger partial charge in [0.2, 0.25) is 5.91 Å². The average molecular weight is 235 g/mol. The second-order valence-electron chi connectivity index (χ2n) is 4.42. The zero-order chi connectivity index (χ0) is 12.7. The number of nitrogens with one attached hydrogen (secondary N) is 1. The number of carbonyl (C=O) groups excluding carboxylic acids is 1. The summed E-state index contributed by atoms with van der Waals surface area (Å²) in [6.45, 7) is 4.39. The van der Waals surface area contributed by atoms with Gasteiger partial charge in [0, 0.05) is 18.2 Å². The molecule has 0 bridgehead atoms. The van der Waals surface area contributed by atoms with E-state index in [4.69, 9.17) is 5.73 Å². The van der Waals surface area contributed by atoms with Gasteiger partial charge in [-0.3, -0.25) is 9.78 Å². The Morgan fingerprint density at radius 2 is 2.29 bits per heavy atom. The van der Waals surface area contributed by atoms with Crippen LogP contribution in [0.15, 0.2) is 18.2 Å². The zero-order valence-electron chi connectivity index (χ0n) is 10.6. The number of aryl methyl sites for hydroxylation is 1. The molecule has 1 atom stereocenters. The summed E-state index contributed by atoms with van der Waals surface area (Å²) in [4.78, 5) is 15.8. The van der Waals surface area contributed by atoms with Crippen LogP contribution in [0.3, 0.4) is 0 Å². The third-order valence-corrected chi connectivity index (χ3v) is 2.48. The summed E-state index contributed by atoms with van der Waals surface area (Å²) in [6, 6.07) is 5.96. The molecule has 4 nitrogen and oxygen atoms in total. The third-order valence-electron chi connectivity index (χ3n) is 2.48. The standard InChI is InChI=1S/C13H21N3O/c1-10(14)5-3-8-13(17)15-9-12-7-4-6-11(2)16-12/h4,6-7,10H,3,5,8-9,14H2,1-2H3,(H,15,17). The van der Waals surface area contributed by atoms with Gasteiger partial charge in [-0.1, -0.05) is 6.07 Å². The number of rotatable bonds is 6. The maximum atomic E-state index is 11.5. The highest BCUT2D eigenvalue weighted by molar-refractivity contribution is 5.75. The van der Waals surface area contributed by atoms with Gasteiger partial charge < -0.3 is 11.1 Å². The number of nitrogens with two attached hydrogens (primary N) is 1. The number of nitrogens with zero attached hydrogens (tertiary/aromatic N) is 1. The van der Waals surface area contributed by atoms with Gasteiger partial charge in [-0.25, -0.2) is 0 Å². The lowest BCUT2D eigenvalue weighted by Gasteiger charge is -2.06. The van der Waals surface area contributed by atoms with Gasteiger partial charge in [0.25, 0.3) is 0 Å². The van der Waals surface area contributed by atoms with Crippen LogP contribution in [0.5, 0.6) is 0 Å². The number of hydrogen-bond acceptors (Lipinski definition) is 3. The fourth-order valence-corrected chi connectivity index (χ4v) is 1.56. The van der Waals surface area contributed by atoms with E-state index >= 15 is 0 Å². The minimum absolute atomic E-state index is 0.0638. The Morgan fingerprint density at radius 3 is 2.94 bits per heavy atom. The molecule has 1 heterocycles. The molecule has 0 fully saturated rings. The van der Waals surface area contributed by atoms with E-state index in [9.17, 15) is 4.79 Å². The number of hydrogen-bond donors (Lipinski definition) is 2. The molecule has 0 saturated carbocycles. The van der Waals surface area contributed by atoms with E-state index in [1.165, 1.54) is 0 Å². The van der Waals surface area contributed by atoms with E-state index in [0.717, 1.165) is 24.2 Å². The Morgan fingerprint density at radius 1 is 1.53 bits per heavy atom. The SMILES string of the molecule is Cc1cccc(CNC(=O)CCCC(C)N)n1. The Kier molecular flexibility index (Phi) is 5.63. The van der Waals surface area contributed by atoms with Crippen LogP contribution in [-0.2, 0) is 11.3 Å². The lowest BCUT2D eigenvalue weighted by atomic mass is 10.1. The third kappa shape index (κ3) is 6.02. The molecule has 0 aliphatic heterocycles. The van der Waals surface area contributed by atoms with Gasteiger partial charge in [0.05, 0.1) is 12.2 Å². The normalized spacial score (nSPS) is 12.2. The second kappa shape index (κ2) is 7.01. The predicted octanol–water partition coefficient (Wildman–Crippen LogP) is 1.52. The van der Waals surface area contributed by atoms with E-state index in [0.29, 0.717) is 13.0 Å². The zero-order valence-corrected chi connectivity index (χ0v) is 10.6. The van der Waals surface area contributed by atoms with Crippen molar-refractivity contribution in [1.29, 1.82) is 0 Å². The Hall–Kier alpha value is -1.42. The van der Waals surface area contributed by atoms with Crippen LogP contribution in [0, 0.1) is 6.92 Å². The molecule has 94 valence electrons. The number of pyridine rings is 1. The van der Waals surface area contributed by atoms with Crippen molar-refractivity contribution in [2.45, 2.75) is 45.7 Å². The first-order chi connectivity index (χ1) is 8.08. The molecular formula is C13H21N3O. The van der Waals surface area contributed by atoms with Crippen LogP contribution in [0.25, 0.3) is 0 Å². The second-order valence-corrected chi connectivity index (χ2v) is 4.42. The molecule has 0 aliphatic rings. The molecular weight excluding hydrogens is 214 g/mol. The van der Waals surface area contributed by atoms with Crippen LogP contribution in [0.2, 0.25) is 0 Å². The highest BCUT2D eigenvalue weighted by atomic mass is 16.1. The van der Waals surface area contributed by atoms with Gasteiger partial charge in [-0.05, 0) is 38.8 Å². The van der Waals surface area contributed by atoms with Crippen molar-refractivity contribution in [3.8, 4) is 0 Å². The first-order valence-corrected chi connectivity index (χ1v) is 6.02. The van der Waals surface area contributed by atoms with Crippen LogP contribution >= 0.6 is 0 Å². The van der Waals surface area contributed by atoms with Crippen molar-refractivity contribution in [3.63, 3.8) is 0 Å². The first-order valence-electron chi connectivity index (χ1n) is 6.02. The van der Waals surface area contributed by atoms with Crippen LogP contribution in [0.4, 0.5) is 0 Å². The molecule has 1 unspecified atom stereocenters. The summed E-state index contributed by atoms with van der Waals surface area (Å²) in [5, 5.41) is 2.86. The number of aromatic nitrogens is 1. The van der Waals surface area contributed by atoms with Crippen molar-refractivity contribution in [3.05, 3.63) is 29.6 Å². The summed E-state index contributed by atoms with van der Waals surface area (Å²) < 4.78 is 0. The van der Waals surface area contributed by atoms with Gasteiger partial charge in [-0.2, -0.15) is 0 Å². The van der Waals surface area contributed by atoms with Gasteiger partial charge in [-0.15, -0.1) is 0 Å². The monoisotopic (exact) mass is 235 g/mol. The van der Waals surface area contributed by atoms with Gasteiger partial charge >= 0.3 is 0 Å². The molecule has 4 heteroatoms. The van der Waals surface area contributed by atoms with Gasteiger partial charge in [0.1, 0.15) is 0 Å². The summed E-state index contributed by atoms with van der Waals surface area (Å²) in [5.41, 5.74) is 7.48. The topological polar surface area (TPSA) is 68.0 Å². The maximum absolute atomic E-state index is 11.5. The smallest absolute Gasteiger partial charge is 0.220 e. The van der Waals surface area contributed by atoms with Crippen LogP contribution in [-0.4, -0.2) is 16.9 Å². The fraction of sp³-hybridized carbons (Fsp3) is 0.538. The molecule has 0 spiro atoms. The molecule has 0 radical (unpaired) electrons. The van der Waals surface area contributed by atoms with Crippen molar-refractivity contribution in [2.75, 3.05) is 0 Å². The molecule has 0 aliphatic carbocycles. The largest absolute Gasteiger partial charge is 0.350 e. The quantitative estimate of drug-likeness (QED) is 0.785. The number of carbonyl (C=O) groups is 1. The lowest BCUT2D eigenvalue weighted by Crippen LogP contribution is -2.24. The Balaban J connectivity index is 2.24. The van der Waals surface area contributed by atoms with E-state index in [1.807, 2.05) is 32.0 Å².